The van der Waals surface area contributed by atoms with Gasteiger partial charge in [-0.05, 0) is 24.6 Å². The molecule has 18 heavy (non-hydrogen) atoms. The van der Waals surface area contributed by atoms with E-state index in [1.165, 1.54) is 0 Å². The molecule has 3 rings (SSSR count). The molecular weight excluding hydrogens is 264 g/mol. The highest BCUT2D eigenvalue weighted by Crippen LogP contribution is 2.34. The molecule has 1 aromatic carbocycles. The van der Waals surface area contributed by atoms with Crippen LogP contribution < -0.4 is 5.56 Å². The number of hydrogen-bond acceptors (Lipinski definition) is 4. The van der Waals surface area contributed by atoms with Crippen molar-refractivity contribution in [3.8, 4) is 10.6 Å². The smallest absolute Gasteiger partial charge is 0.249 e. The van der Waals surface area contributed by atoms with Crippen molar-refractivity contribution in [2.24, 2.45) is 0 Å². The van der Waals surface area contributed by atoms with Gasteiger partial charge in [0.05, 0.1) is 15.2 Å². The van der Waals surface area contributed by atoms with Crippen molar-refractivity contribution in [3.05, 3.63) is 46.2 Å². The van der Waals surface area contributed by atoms with Gasteiger partial charge in [-0.2, -0.15) is 0 Å². The second-order valence-corrected chi connectivity index (χ2v) is 5.50. The third-order valence-corrected chi connectivity index (χ3v) is 4.12. The largest absolute Gasteiger partial charge is 0.317 e. The second kappa shape index (κ2) is 4.26. The van der Waals surface area contributed by atoms with Crippen molar-refractivity contribution in [3.63, 3.8) is 0 Å². The third-order valence-electron chi connectivity index (χ3n) is 2.73. The number of H-pyrrole nitrogens is 1. The Kier molecular flexibility index (Phi) is 2.72. The topological polar surface area (TPSA) is 45.8 Å². The van der Waals surface area contributed by atoms with Crippen LogP contribution in [-0.4, -0.2) is 9.97 Å². The molecule has 0 unspecified atom stereocenters. The predicted octanol–water partition coefficient (Wildman–Crippen LogP) is 3.25. The summed E-state index contributed by atoms with van der Waals surface area (Å²) in [5, 5.41) is 1.45. The van der Waals surface area contributed by atoms with Gasteiger partial charge in [0.1, 0.15) is 5.01 Å². The fourth-order valence-corrected chi connectivity index (χ4v) is 3.47. The molecule has 0 amide bonds. The van der Waals surface area contributed by atoms with Gasteiger partial charge in [-0.1, -0.05) is 12.1 Å². The normalized spacial score (nSPS) is 11.0. The van der Waals surface area contributed by atoms with E-state index < -0.39 is 0 Å². The molecule has 5 heteroatoms. The van der Waals surface area contributed by atoms with Gasteiger partial charge in [0, 0.05) is 11.6 Å². The molecule has 0 aliphatic carbocycles. The molecule has 3 aromatic rings. The first-order chi connectivity index (χ1) is 8.65. The average Bonchev–Trinajstić information content (AvgIpc) is 2.70. The van der Waals surface area contributed by atoms with Crippen LogP contribution in [0.4, 0.5) is 0 Å². The summed E-state index contributed by atoms with van der Waals surface area (Å²) in [5.41, 5.74) is 2.63. The van der Waals surface area contributed by atoms with Gasteiger partial charge in [0.15, 0.2) is 0 Å². The van der Waals surface area contributed by atoms with E-state index in [0.717, 1.165) is 26.4 Å². The summed E-state index contributed by atoms with van der Waals surface area (Å²) in [6.45, 7) is 1.90. The van der Waals surface area contributed by atoms with Crippen LogP contribution in [0.15, 0.2) is 40.2 Å². The zero-order valence-electron chi connectivity index (χ0n) is 9.60. The summed E-state index contributed by atoms with van der Waals surface area (Å²) >= 11 is 5.94. The SMILES string of the molecule is Cc1cc(=O)[nH]c(S)c1-c1nc2ccccc2s1. The molecule has 0 radical (unpaired) electrons. The van der Waals surface area contributed by atoms with Crippen LogP contribution in [0.5, 0.6) is 0 Å². The number of hydrogen-bond donors (Lipinski definition) is 2. The number of benzene rings is 1. The molecule has 0 fully saturated rings. The van der Waals surface area contributed by atoms with Gasteiger partial charge in [0.25, 0.3) is 0 Å². The van der Waals surface area contributed by atoms with Crippen molar-refractivity contribution in [2.45, 2.75) is 11.9 Å². The van der Waals surface area contributed by atoms with E-state index in [0.29, 0.717) is 5.03 Å². The van der Waals surface area contributed by atoms with Crippen LogP contribution in [-0.2, 0) is 0 Å². The molecule has 3 nitrogen and oxygen atoms in total. The summed E-state index contributed by atoms with van der Waals surface area (Å²) < 4.78 is 1.13. The number of para-hydroxylation sites is 1. The Bertz CT molecular complexity index is 730. The van der Waals surface area contributed by atoms with Gasteiger partial charge >= 0.3 is 0 Å². The van der Waals surface area contributed by atoms with E-state index in [1.54, 1.807) is 17.4 Å². The number of pyridine rings is 1. The average molecular weight is 274 g/mol. The Hall–Kier alpha value is -1.59. The number of thiol groups is 1. The number of aromatic amines is 1. The molecule has 0 atom stereocenters. The number of rotatable bonds is 1. The van der Waals surface area contributed by atoms with Gasteiger partial charge in [-0.15, -0.1) is 24.0 Å². The maximum absolute atomic E-state index is 11.3. The molecule has 1 N–H and O–H groups in total. The predicted molar refractivity (Wildman–Crippen MR) is 77.7 cm³/mol. The zero-order valence-corrected chi connectivity index (χ0v) is 11.3. The minimum atomic E-state index is -0.137. The number of thiazole rings is 1. The number of aromatic nitrogens is 2. The lowest BCUT2D eigenvalue weighted by Gasteiger charge is -2.04. The first-order valence-electron chi connectivity index (χ1n) is 5.44. The van der Waals surface area contributed by atoms with Gasteiger partial charge in [-0.25, -0.2) is 4.98 Å². The van der Waals surface area contributed by atoms with E-state index in [-0.39, 0.29) is 5.56 Å². The van der Waals surface area contributed by atoms with Crippen molar-refractivity contribution in [1.29, 1.82) is 0 Å². The standard InChI is InChI=1S/C13H10N2OS2/c1-7-6-10(16)15-12(17)11(7)13-14-8-4-2-3-5-9(8)18-13/h2-6H,1H3,(H2,15,16,17). The van der Waals surface area contributed by atoms with Crippen molar-refractivity contribution in [1.82, 2.24) is 9.97 Å². The van der Waals surface area contributed by atoms with Gasteiger partial charge in [0.2, 0.25) is 5.56 Å². The third kappa shape index (κ3) is 1.85. The molecule has 0 aliphatic heterocycles. The van der Waals surface area contributed by atoms with E-state index in [2.05, 4.69) is 22.6 Å². The minimum Gasteiger partial charge on any atom is -0.317 e. The molecule has 0 spiro atoms. The monoisotopic (exact) mass is 274 g/mol. The highest BCUT2D eigenvalue weighted by molar-refractivity contribution is 7.80. The number of nitrogens with one attached hydrogen (secondary N) is 1. The summed E-state index contributed by atoms with van der Waals surface area (Å²) in [6.07, 6.45) is 0. The highest BCUT2D eigenvalue weighted by Gasteiger charge is 2.12. The molecular formula is C13H10N2OS2. The van der Waals surface area contributed by atoms with Crippen molar-refractivity contribution in [2.75, 3.05) is 0 Å². The number of aryl methyl sites for hydroxylation is 1. The number of nitrogens with zero attached hydrogens (tertiary/aromatic N) is 1. The van der Waals surface area contributed by atoms with Crippen LogP contribution in [0.25, 0.3) is 20.8 Å². The fraction of sp³-hybridized carbons (Fsp3) is 0.0769. The summed E-state index contributed by atoms with van der Waals surface area (Å²) in [6, 6.07) is 9.55. The first kappa shape index (κ1) is 11.5. The lowest BCUT2D eigenvalue weighted by Crippen LogP contribution is -2.06. The Morgan fingerprint density at radius 2 is 2.11 bits per heavy atom. The van der Waals surface area contributed by atoms with Gasteiger partial charge < -0.3 is 4.98 Å². The molecule has 2 aromatic heterocycles. The minimum absolute atomic E-state index is 0.137. The molecule has 0 saturated heterocycles. The maximum Gasteiger partial charge on any atom is 0.249 e. The molecule has 0 aliphatic rings. The van der Waals surface area contributed by atoms with E-state index in [9.17, 15) is 4.79 Å². The molecule has 90 valence electrons. The quantitative estimate of drug-likeness (QED) is 0.669. The summed E-state index contributed by atoms with van der Waals surface area (Å²) in [4.78, 5) is 18.6. The van der Waals surface area contributed by atoms with E-state index in [1.807, 2.05) is 31.2 Å². The lowest BCUT2D eigenvalue weighted by molar-refractivity contribution is 1.07. The second-order valence-electron chi connectivity index (χ2n) is 4.03. The Balaban J connectivity index is 2.29. The van der Waals surface area contributed by atoms with Crippen LogP contribution in [0.3, 0.4) is 0 Å². The van der Waals surface area contributed by atoms with E-state index >= 15 is 0 Å². The van der Waals surface area contributed by atoms with Crippen LogP contribution in [0.1, 0.15) is 5.56 Å². The Labute approximate surface area is 113 Å². The molecule has 2 heterocycles. The molecule has 0 bridgehead atoms. The van der Waals surface area contributed by atoms with Crippen LogP contribution in [0.2, 0.25) is 0 Å². The fourth-order valence-electron chi connectivity index (χ4n) is 1.92. The first-order valence-corrected chi connectivity index (χ1v) is 6.70. The van der Waals surface area contributed by atoms with Crippen LogP contribution in [0, 0.1) is 6.92 Å². The van der Waals surface area contributed by atoms with Crippen molar-refractivity contribution < 1.29 is 0 Å². The molecule has 0 saturated carbocycles. The Morgan fingerprint density at radius 1 is 1.33 bits per heavy atom. The van der Waals surface area contributed by atoms with Crippen molar-refractivity contribution >= 4 is 34.2 Å². The lowest BCUT2D eigenvalue weighted by atomic mass is 10.2. The Morgan fingerprint density at radius 3 is 2.83 bits per heavy atom. The summed E-state index contributed by atoms with van der Waals surface area (Å²) in [5.74, 6) is 0. The zero-order chi connectivity index (χ0) is 12.7. The summed E-state index contributed by atoms with van der Waals surface area (Å²) in [7, 11) is 0. The highest BCUT2D eigenvalue weighted by atomic mass is 32.1. The van der Waals surface area contributed by atoms with E-state index in [4.69, 9.17) is 0 Å². The number of fused-ring (bicyclic) bond motifs is 1. The van der Waals surface area contributed by atoms with Gasteiger partial charge in [-0.3, -0.25) is 4.79 Å². The van der Waals surface area contributed by atoms with Crippen LogP contribution >= 0.6 is 24.0 Å². The maximum atomic E-state index is 11.3.